The smallest absolute Gasteiger partial charge is 0.361 e. The second-order valence-corrected chi connectivity index (χ2v) is 5.91. The summed E-state index contributed by atoms with van der Waals surface area (Å²) in [5, 5.41) is 8.61. The molecule has 3 rings (SSSR count). The summed E-state index contributed by atoms with van der Waals surface area (Å²) in [5.41, 5.74) is 3.66. The van der Waals surface area contributed by atoms with Crippen LogP contribution in [0.2, 0.25) is 5.02 Å². The summed E-state index contributed by atoms with van der Waals surface area (Å²) in [6.45, 7) is 3.93. The molecule has 5 nitrogen and oxygen atoms in total. The molecule has 0 unspecified atom stereocenters. The average Bonchev–Trinajstić information content (AvgIpc) is 2.95. The van der Waals surface area contributed by atoms with Crippen LogP contribution in [0.4, 0.5) is 0 Å². The Hall–Kier alpha value is -2.66. The highest BCUT2D eigenvalue weighted by atomic mass is 35.5. The Bertz CT molecular complexity index is 872. The van der Waals surface area contributed by atoms with Gasteiger partial charge in [-0.05, 0) is 43.7 Å². The van der Waals surface area contributed by atoms with Crippen LogP contribution in [0.25, 0.3) is 5.69 Å². The molecule has 1 aromatic heterocycles. The van der Waals surface area contributed by atoms with Crippen molar-refractivity contribution in [2.45, 2.75) is 20.5 Å². The molecular weight excluding hydrogens is 326 g/mol. The highest BCUT2D eigenvalue weighted by molar-refractivity contribution is 6.30. The Labute approximate surface area is 144 Å². The van der Waals surface area contributed by atoms with Gasteiger partial charge in [0.15, 0.2) is 5.69 Å². The number of aromatic nitrogens is 3. The van der Waals surface area contributed by atoms with Gasteiger partial charge in [-0.1, -0.05) is 46.6 Å². The zero-order valence-corrected chi connectivity index (χ0v) is 14.1. The molecule has 0 aliphatic rings. The Morgan fingerprint density at radius 1 is 1.17 bits per heavy atom. The lowest BCUT2D eigenvalue weighted by Gasteiger charge is -2.05. The molecule has 0 amide bonds. The Balaban J connectivity index is 1.75. The van der Waals surface area contributed by atoms with Gasteiger partial charge >= 0.3 is 5.97 Å². The minimum atomic E-state index is -0.508. The first-order chi connectivity index (χ1) is 11.5. The molecule has 3 aromatic rings. The zero-order chi connectivity index (χ0) is 17.1. The third kappa shape index (κ3) is 3.46. The van der Waals surface area contributed by atoms with Crippen LogP contribution in [0, 0.1) is 13.8 Å². The third-order valence-corrected chi connectivity index (χ3v) is 3.86. The van der Waals surface area contributed by atoms with Gasteiger partial charge < -0.3 is 4.74 Å². The maximum Gasteiger partial charge on any atom is 0.361 e. The molecule has 24 heavy (non-hydrogen) atoms. The number of carbonyl (C=O) groups is 1. The molecule has 0 aliphatic heterocycles. The summed E-state index contributed by atoms with van der Waals surface area (Å²) < 4.78 is 6.93. The van der Waals surface area contributed by atoms with Crippen LogP contribution in [0.5, 0.6) is 0 Å². The minimum Gasteiger partial charge on any atom is -0.456 e. The molecule has 0 fully saturated rings. The molecule has 0 spiro atoms. The summed E-state index contributed by atoms with van der Waals surface area (Å²) in [7, 11) is 0. The first-order valence-corrected chi connectivity index (χ1v) is 7.83. The number of esters is 1. The van der Waals surface area contributed by atoms with Crippen LogP contribution >= 0.6 is 11.6 Å². The molecule has 0 saturated carbocycles. The van der Waals surface area contributed by atoms with E-state index in [1.54, 1.807) is 23.7 Å². The number of carbonyl (C=O) groups excluding carboxylic acids is 1. The van der Waals surface area contributed by atoms with Crippen LogP contribution in [-0.2, 0) is 11.3 Å². The number of ether oxygens (including phenoxy) is 1. The van der Waals surface area contributed by atoms with Gasteiger partial charge in [-0.3, -0.25) is 0 Å². The number of halogens is 1. The second-order valence-electron chi connectivity index (χ2n) is 5.48. The van der Waals surface area contributed by atoms with Gasteiger partial charge in [-0.2, -0.15) is 0 Å². The maximum atomic E-state index is 12.3. The lowest BCUT2D eigenvalue weighted by molar-refractivity contribution is 0.0464. The van der Waals surface area contributed by atoms with Crippen LogP contribution in [0.3, 0.4) is 0 Å². The van der Waals surface area contributed by atoms with E-state index in [0.29, 0.717) is 10.7 Å². The quantitative estimate of drug-likeness (QED) is 0.675. The Kier molecular flexibility index (Phi) is 4.62. The van der Waals surface area contributed by atoms with Crippen LogP contribution in [0.15, 0.2) is 48.5 Å². The maximum absolute atomic E-state index is 12.3. The number of benzene rings is 2. The van der Waals surface area contributed by atoms with E-state index in [0.717, 1.165) is 16.8 Å². The van der Waals surface area contributed by atoms with Gasteiger partial charge in [0.2, 0.25) is 0 Å². The molecule has 1 heterocycles. The zero-order valence-electron chi connectivity index (χ0n) is 13.4. The lowest BCUT2D eigenvalue weighted by Crippen LogP contribution is -2.08. The molecule has 0 radical (unpaired) electrons. The van der Waals surface area contributed by atoms with Gasteiger partial charge in [0.1, 0.15) is 6.61 Å². The summed E-state index contributed by atoms with van der Waals surface area (Å²) in [5.74, 6) is -0.508. The number of hydrogen-bond donors (Lipinski definition) is 0. The van der Waals surface area contributed by atoms with Gasteiger partial charge in [-0.15, -0.1) is 5.10 Å². The van der Waals surface area contributed by atoms with Gasteiger partial charge in [0, 0.05) is 5.02 Å². The molecule has 0 atom stereocenters. The predicted octanol–water partition coefficient (Wildman–Crippen LogP) is 3.89. The van der Waals surface area contributed by atoms with Crippen molar-refractivity contribution in [3.63, 3.8) is 0 Å². The van der Waals surface area contributed by atoms with Crippen molar-refractivity contribution in [3.05, 3.63) is 76.1 Å². The van der Waals surface area contributed by atoms with E-state index in [4.69, 9.17) is 16.3 Å². The van der Waals surface area contributed by atoms with Gasteiger partial charge in [0.05, 0.1) is 11.4 Å². The minimum absolute atomic E-state index is 0.135. The largest absolute Gasteiger partial charge is 0.456 e. The summed E-state index contributed by atoms with van der Waals surface area (Å²) >= 11 is 5.92. The fourth-order valence-electron chi connectivity index (χ4n) is 2.29. The Morgan fingerprint density at radius 2 is 1.92 bits per heavy atom. The summed E-state index contributed by atoms with van der Waals surface area (Å²) in [6, 6.07) is 15.0. The number of rotatable bonds is 4. The van der Waals surface area contributed by atoms with Crippen LogP contribution in [0.1, 0.15) is 27.3 Å². The second kappa shape index (κ2) is 6.84. The molecule has 0 aliphatic carbocycles. The van der Waals surface area contributed by atoms with Crippen molar-refractivity contribution >= 4 is 17.6 Å². The predicted molar refractivity (Wildman–Crippen MR) is 91.4 cm³/mol. The molecule has 0 bridgehead atoms. The molecule has 6 heteroatoms. The van der Waals surface area contributed by atoms with Crippen molar-refractivity contribution in [1.82, 2.24) is 15.0 Å². The SMILES string of the molecule is Cc1ccc(-n2nnc(C(=O)OCc3cccc(Cl)c3)c2C)cc1. The van der Waals surface area contributed by atoms with Crippen LogP contribution in [-0.4, -0.2) is 21.0 Å². The highest BCUT2D eigenvalue weighted by Gasteiger charge is 2.18. The fraction of sp³-hybridized carbons (Fsp3) is 0.167. The van der Waals surface area contributed by atoms with E-state index in [2.05, 4.69) is 10.3 Å². The van der Waals surface area contributed by atoms with Crippen molar-refractivity contribution in [1.29, 1.82) is 0 Å². The first-order valence-electron chi connectivity index (χ1n) is 7.45. The number of aryl methyl sites for hydroxylation is 1. The number of hydrogen-bond acceptors (Lipinski definition) is 4. The summed E-state index contributed by atoms with van der Waals surface area (Å²) in [4.78, 5) is 12.3. The van der Waals surface area contributed by atoms with Crippen molar-refractivity contribution < 1.29 is 9.53 Å². The molecular formula is C18H16ClN3O2. The number of nitrogens with zero attached hydrogens (tertiary/aromatic N) is 3. The normalized spacial score (nSPS) is 10.6. The topological polar surface area (TPSA) is 57.0 Å². The average molecular weight is 342 g/mol. The van der Waals surface area contributed by atoms with Crippen LogP contribution < -0.4 is 0 Å². The highest BCUT2D eigenvalue weighted by Crippen LogP contribution is 2.15. The monoisotopic (exact) mass is 341 g/mol. The van der Waals surface area contributed by atoms with E-state index in [-0.39, 0.29) is 12.3 Å². The third-order valence-electron chi connectivity index (χ3n) is 3.63. The van der Waals surface area contributed by atoms with E-state index < -0.39 is 5.97 Å². The van der Waals surface area contributed by atoms with E-state index in [1.165, 1.54) is 0 Å². The molecule has 2 aromatic carbocycles. The van der Waals surface area contributed by atoms with E-state index in [9.17, 15) is 4.79 Å². The molecule has 122 valence electrons. The first kappa shape index (κ1) is 16.2. The standard InChI is InChI=1S/C18H16ClN3O2/c1-12-6-8-16(9-7-12)22-13(2)17(20-21-22)18(23)24-11-14-4-3-5-15(19)10-14/h3-10H,11H2,1-2H3. The van der Waals surface area contributed by atoms with E-state index >= 15 is 0 Å². The lowest BCUT2D eigenvalue weighted by atomic mass is 10.2. The molecule has 0 saturated heterocycles. The van der Waals surface area contributed by atoms with Crippen molar-refractivity contribution in [2.75, 3.05) is 0 Å². The van der Waals surface area contributed by atoms with Gasteiger partial charge in [-0.25, -0.2) is 9.48 Å². The van der Waals surface area contributed by atoms with Crippen molar-refractivity contribution in [3.8, 4) is 5.69 Å². The van der Waals surface area contributed by atoms with E-state index in [1.807, 2.05) is 43.3 Å². The van der Waals surface area contributed by atoms with Gasteiger partial charge in [0.25, 0.3) is 0 Å². The summed E-state index contributed by atoms with van der Waals surface area (Å²) in [6.07, 6.45) is 0. The Morgan fingerprint density at radius 3 is 2.62 bits per heavy atom. The fourth-order valence-corrected chi connectivity index (χ4v) is 2.51. The molecule has 0 N–H and O–H groups in total. The van der Waals surface area contributed by atoms with Crippen molar-refractivity contribution in [2.24, 2.45) is 0 Å².